The number of nitrogens with zero attached hydrogens (tertiary/aromatic N) is 3. The van der Waals surface area contributed by atoms with Crippen LogP contribution in [0.4, 0.5) is 11.4 Å². The smallest absolute Gasteiger partial charge is 0.249 e. The van der Waals surface area contributed by atoms with Crippen molar-refractivity contribution in [3.05, 3.63) is 35.7 Å². The van der Waals surface area contributed by atoms with Crippen LogP contribution in [0, 0.1) is 13.8 Å². The highest BCUT2D eigenvalue weighted by molar-refractivity contribution is 7.89. The number of benzene rings is 1. The van der Waals surface area contributed by atoms with E-state index in [0.717, 1.165) is 12.1 Å². The van der Waals surface area contributed by atoms with Crippen molar-refractivity contribution in [2.75, 3.05) is 23.3 Å². The van der Waals surface area contributed by atoms with Gasteiger partial charge in [-0.3, -0.25) is 9.59 Å². The molecule has 0 spiro atoms. The van der Waals surface area contributed by atoms with Crippen molar-refractivity contribution in [2.45, 2.75) is 50.5 Å². The van der Waals surface area contributed by atoms with Crippen molar-refractivity contribution in [2.24, 2.45) is 0 Å². The summed E-state index contributed by atoms with van der Waals surface area (Å²) in [6, 6.07) is 6.24. The van der Waals surface area contributed by atoms with E-state index in [0.29, 0.717) is 31.5 Å². The van der Waals surface area contributed by atoms with Gasteiger partial charge < -0.3 is 14.7 Å². The molecule has 0 saturated carbocycles. The summed E-state index contributed by atoms with van der Waals surface area (Å²) >= 11 is 0. The molecule has 1 atom stereocenters. The molecule has 3 heterocycles. The third-order valence-corrected chi connectivity index (χ3v) is 7.69. The molecule has 2 fully saturated rings. The number of anilines is 2. The van der Waals surface area contributed by atoms with Crippen LogP contribution in [-0.2, 0) is 19.6 Å². The Balaban J connectivity index is 1.54. The van der Waals surface area contributed by atoms with E-state index in [9.17, 15) is 18.0 Å². The molecule has 2 saturated heterocycles. The summed E-state index contributed by atoms with van der Waals surface area (Å²) < 4.78 is 32.6. The lowest BCUT2D eigenvalue weighted by molar-refractivity contribution is -0.119. The van der Waals surface area contributed by atoms with Crippen molar-refractivity contribution < 1.29 is 22.5 Å². The molecule has 1 aromatic carbocycles. The van der Waals surface area contributed by atoms with Crippen LogP contribution in [0.25, 0.3) is 0 Å². The topological polar surface area (TPSA) is 113 Å². The third kappa shape index (κ3) is 3.61. The molecule has 1 aromatic heterocycles. The summed E-state index contributed by atoms with van der Waals surface area (Å²) in [5.41, 5.74) is 1.53. The first-order valence-electron chi connectivity index (χ1n) is 9.95. The van der Waals surface area contributed by atoms with Crippen molar-refractivity contribution in [3.63, 3.8) is 0 Å². The fourth-order valence-electron chi connectivity index (χ4n) is 4.15. The number of aryl methyl sites for hydroxylation is 2. The molecule has 2 aliphatic heterocycles. The van der Waals surface area contributed by atoms with Crippen LogP contribution >= 0.6 is 0 Å². The van der Waals surface area contributed by atoms with E-state index in [1.807, 2.05) is 6.07 Å². The number of rotatable bonds is 5. The number of hydrogen-bond acceptors (Lipinski definition) is 6. The van der Waals surface area contributed by atoms with Crippen molar-refractivity contribution in [1.29, 1.82) is 0 Å². The average Bonchev–Trinajstić information content (AvgIpc) is 3.42. The van der Waals surface area contributed by atoms with Crippen LogP contribution < -0.4 is 10.2 Å². The number of carbonyl (C=O) groups excluding carboxylic acids is 2. The molecule has 0 aliphatic carbocycles. The van der Waals surface area contributed by atoms with Gasteiger partial charge in [-0.1, -0.05) is 11.2 Å². The first-order valence-corrected chi connectivity index (χ1v) is 11.4. The SMILES string of the molecule is Cc1noc(C)c1S(=O)(=O)N1CCC[C@H]1C(=O)Nc1cccc(N2CCCC2=O)c1. The van der Waals surface area contributed by atoms with Crippen LogP contribution in [0.3, 0.4) is 0 Å². The average molecular weight is 433 g/mol. The second-order valence-corrected chi connectivity index (χ2v) is 9.44. The maximum Gasteiger partial charge on any atom is 0.249 e. The highest BCUT2D eigenvalue weighted by Gasteiger charge is 2.42. The van der Waals surface area contributed by atoms with Crippen LogP contribution in [0.2, 0.25) is 0 Å². The lowest BCUT2D eigenvalue weighted by Crippen LogP contribution is -2.43. The molecular formula is C20H24N4O5S. The maximum atomic E-state index is 13.2. The second kappa shape index (κ2) is 7.84. The number of aromatic nitrogens is 1. The molecule has 4 rings (SSSR count). The number of carbonyl (C=O) groups is 2. The summed E-state index contributed by atoms with van der Waals surface area (Å²) in [6.45, 7) is 4.03. The van der Waals surface area contributed by atoms with Crippen molar-refractivity contribution in [3.8, 4) is 0 Å². The highest BCUT2D eigenvalue weighted by atomic mass is 32.2. The normalized spacial score (nSPS) is 20.1. The predicted molar refractivity (Wildman–Crippen MR) is 110 cm³/mol. The lowest BCUT2D eigenvalue weighted by atomic mass is 10.2. The second-order valence-electron chi connectivity index (χ2n) is 7.62. The van der Waals surface area contributed by atoms with Crippen LogP contribution in [0.1, 0.15) is 37.1 Å². The fraction of sp³-hybridized carbons (Fsp3) is 0.450. The minimum atomic E-state index is -3.91. The molecule has 0 radical (unpaired) electrons. The van der Waals surface area contributed by atoms with Crippen molar-refractivity contribution in [1.82, 2.24) is 9.46 Å². The zero-order valence-corrected chi connectivity index (χ0v) is 17.7. The summed E-state index contributed by atoms with van der Waals surface area (Å²) in [5, 5.41) is 6.55. The summed E-state index contributed by atoms with van der Waals surface area (Å²) in [7, 11) is -3.91. The number of hydrogen-bond donors (Lipinski definition) is 1. The fourth-order valence-corrected chi connectivity index (χ4v) is 6.10. The van der Waals surface area contributed by atoms with E-state index in [4.69, 9.17) is 4.52 Å². The van der Waals surface area contributed by atoms with Crippen LogP contribution in [0.15, 0.2) is 33.7 Å². The summed E-state index contributed by atoms with van der Waals surface area (Å²) in [4.78, 5) is 26.7. The first kappa shape index (κ1) is 20.5. The number of amides is 2. The number of sulfonamides is 1. The standard InChI is InChI=1S/C20H24N4O5S/c1-13-19(14(2)29-22-13)30(27,28)24-11-4-8-17(24)20(26)21-15-6-3-7-16(12-15)23-10-5-9-18(23)25/h3,6-7,12,17H,4-5,8-11H2,1-2H3,(H,21,26)/t17-/m0/s1. The van der Waals surface area contributed by atoms with Crippen LogP contribution in [-0.4, -0.2) is 48.8 Å². The van der Waals surface area contributed by atoms with Gasteiger partial charge in [-0.25, -0.2) is 8.42 Å². The largest absolute Gasteiger partial charge is 0.360 e. The Morgan fingerprint density at radius 3 is 2.70 bits per heavy atom. The molecule has 2 aromatic rings. The van der Waals surface area contributed by atoms with E-state index in [1.165, 1.54) is 4.31 Å². The molecular weight excluding hydrogens is 408 g/mol. The zero-order valence-electron chi connectivity index (χ0n) is 16.9. The highest BCUT2D eigenvalue weighted by Crippen LogP contribution is 2.31. The summed E-state index contributed by atoms with van der Waals surface area (Å²) in [5.74, 6) is -0.125. The Morgan fingerprint density at radius 2 is 2.03 bits per heavy atom. The summed E-state index contributed by atoms with van der Waals surface area (Å²) in [6.07, 6.45) is 2.35. The van der Waals surface area contributed by atoms with Gasteiger partial charge in [0.05, 0.1) is 0 Å². The Hall–Kier alpha value is -2.72. The molecule has 160 valence electrons. The quantitative estimate of drug-likeness (QED) is 0.775. The molecule has 2 aliphatic rings. The molecule has 2 amide bonds. The van der Waals surface area contributed by atoms with E-state index in [-0.39, 0.29) is 28.8 Å². The van der Waals surface area contributed by atoms with Gasteiger partial charge in [-0.05, 0) is 51.3 Å². The Bertz CT molecular complexity index is 1070. The van der Waals surface area contributed by atoms with E-state index in [1.54, 1.807) is 36.9 Å². The molecule has 0 unspecified atom stereocenters. The molecule has 30 heavy (non-hydrogen) atoms. The van der Waals surface area contributed by atoms with E-state index >= 15 is 0 Å². The first-order chi connectivity index (χ1) is 14.3. The van der Waals surface area contributed by atoms with E-state index < -0.39 is 22.0 Å². The van der Waals surface area contributed by atoms with Crippen molar-refractivity contribution >= 4 is 33.2 Å². The van der Waals surface area contributed by atoms with Gasteiger partial charge in [0.1, 0.15) is 16.6 Å². The van der Waals surface area contributed by atoms with Crippen LogP contribution in [0.5, 0.6) is 0 Å². The minimum absolute atomic E-state index is 0.0248. The maximum absolute atomic E-state index is 13.2. The number of nitrogens with one attached hydrogen (secondary N) is 1. The van der Waals surface area contributed by atoms with Gasteiger partial charge in [0.15, 0.2) is 5.76 Å². The lowest BCUT2D eigenvalue weighted by Gasteiger charge is -2.23. The third-order valence-electron chi connectivity index (χ3n) is 5.54. The zero-order chi connectivity index (χ0) is 21.5. The Morgan fingerprint density at radius 1 is 1.23 bits per heavy atom. The Kier molecular flexibility index (Phi) is 5.37. The molecule has 0 bridgehead atoms. The molecule has 10 heteroatoms. The van der Waals surface area contributed by atoms with Gasteiger partial charge in [0.2, 0.25) is 21.8 Å². The Labute approximate surface area is 175 Å². The van der Waals surface area contributed by atoms with Gasteiger partial charge >= 0.3 is 0 Å². The van der Waals surface area contributed by atoms with Gasteiger partial charge in [-0.2, -0.15) is 4.31 Å². The van der Waals surface area contributed by atoms with E-state index in [2.05, 4.69) is 10.5 Å². The minimum Gasteiger partial charge on any atom is -0.360 e. The monoisotopic (exact) mass is 432 g/mol. The van der Waals surface area contributed by atoms with Gasteiger partial charge in [-0.15, -0.1) is 0 Å². The van der Waals surface area contributed by atoms with Gasteiger partial charge in [0, 0.05) is 30.9 Å². The molecule has 1 N–H and O–H groups in total. The predicted octanol–water partition coefficient (Wildman–Crippen LogP) is 2.21. The molecule has 9 nitrogen and oxygen atoms in total. The van der Waals surface area contributed by atoms with Gasteiger partial charge in [0.25, 0.3) is 0 Å².